The van der Waals surface area contributed by atoms with Crippen molar-refractivity contribution in [3.63, 3.8) is 0 Å². The molecule has 1 saturated carbocycles. The topological polar surface area (TPSA) is 58.2 Å². The van der Waals surface area contributed by atoms with Crippen molar-refractivity contribution in [1.29, 1.82) is 0 Å². The van der Waals surface area contributed by atoms with Gasteiger partial charge in [-0.1, -0.05) is 12.1 Å². The van der Waals surface area contributed by atoms with E-state index < -0.39 is 10.0 Å². The van der Waals surface area contributed by atoms with Gasteiger partial charge < -0.3 is 5.32 Å². The van der Waals surface area contributed by atoms with Crippen LogP contribution >= 0.6 is 0 Å². The lowest BCUT2D eigenvalue weighted by molar-refractivity contribution is 0.537. The fourth-order valence-corrected chi connectivity index (χ4v) is 3.86. The van der Waals surface area contributed by atoms with E-state index >= 15 is 0 Å². The average Bonchev–Trinajstić information content (AvgIpc) is 3.15. The fraction of sp³-hybridized carbons (Fsp3) is 0.571. The lowest BCUT2D eigenvalue weighted by Crippen LogP contribution is -2.34. The van der Waals surface area contributed by atoms with Gasteiger partial charge in [-0.05, 0) is 56.8 Å². The smallest absolute Gasteiger partial charge is 0.241 e. The van der Waals surface area contributed by atoms with Crippen LogP contribution < -0.4 is 10.0 Å². The van der Waals surface area contributed by atoms with E-state index in [1.807, 2.05) is 33.0 Å². The zero-order valence-corrected chi connectivity index (χ0v) is 12.5. The summed E-state index contributed by atoms with van der Waals surface area (Å²) < 4.78 is 27.6. The largest absolute Gasteiger partial charge is 0.316 e. The van der Waals surface area contributed by atoms with Gasteiger partial charge in [0, 0.05) is 12.6 Å². The molecule has 0 amide bonds. The van der Waals surface area contributed by atoms with Crippen molar-refractivity contribution in [2.75, 3.05) is 7.05 Å². The minimum Gasteiger partial charge on any atom is -0.316 e. The van der Waals surface area contributed by atoms with Crippen molar-refractivity contribution < 1.29 is 8.42 Å². The number of rotatable bonds is 6. The summed E-state index contributed by atoms with van der Waals surface area (Å²) in [4.78, 5) is 0.396. The number of hydrogen-bond donors (Lipinski definition) is 2. The van der Waals surface area contributed by atoms with Gasteiger partial charge in [-0.25, -0.2) is 13.1 Å². The molecule has 0 heterocycles. The predicted molar refractivity (Wildman–Crippen MR) is 76.5 cm³/mol. The second kappa shape index (κ2) is 5.61. The third-order valence-corrected chi connectivity index (χ3v) is 5.29. The number of sulfonamides is 1. The molecule has 106 valence electrons. The van der Waals surface area contributed by atoms with Crippen LogP contribution in [-0.2, 0) is 16.6 Å². The second-order valence-electron chi connectivity index (χ2n) is 5.38. The van der Waals surface area contributed by atoms with Crippen molar-refractivity contribution in [2.24, 2.45) is 5.92 Å². The Hall–Kier alpha value is -0.910. The summed E-state index contributed by atoms with van der Waals surface area (Å²) in [6, 6.07) is 5.60. The predicted octanol–water partition coefficient (Wildman–Crippen LogP) is 1.79. The second-order valence-corrected chi connectivity index (χ2v) is 7.06. The zero-order chi connectivity index (χ0) is 14.0. The first-order chi connectivity index (χ1) is 8.94. The number of hydrogen-bond acceptors (Lipinski definition) is 3. The molecule has 1 unspecified atom stereocenters. The first-order valence-corrected chi connectivity index (χ1v) is 8.19. The van der Waals surface area contributed by atoms with Crippen LogP contribution in [0.25, 0.3) is 0 Å². The van der Waals surface area contributed by atoms with E-state index in [1.165, 1.54) is 0 Å². The van der Waals surface area contributed by atoms with E-state index in [2.05, 4.69) is 10.0 Å². The Kier molecular flexibility index (Phi) is 4.28. The van der Waals surface area contributed by atoms with Gasteiger partial charge in [-0.2, -0.15) is 0 Å². The van der Waals surface area contributed by atoms with Crippen LogP contribution in [0.5, 0.6) is 0 Å². The molecule has 0 radical (unpaired) electrons. The number of aryl methyl sites for hydroxylation is 1. The molecule has 19 heavy (non-hydrogen) atoms. The zero-order valence-electron chi connectivity index (χ0n) is 11.7. The van der Waals surface area contributed by atoms with Crippen LogP contribution in [0.15, 0.2) is 23.1 Å². The third-order valence-electron chi connectivity index (χ3n) is 3.59. The van der Waals surface area contributed by atoms with Gasteiger partial charge in [0.1, 0.15) is 0 Å². The summed E-state index contributed by atoms with van der Waals surface area (Å²) in [5.74, 6) is 0.510. The lowest BCUT2D eigenvalue weighted by atomic mass is 10.1. The lowest BCUT2D eigenvalue weighted by Gasteiger charge is -2.15. The van der Waals surface area contributed by atoms with Crippen LogP contribution in [0.1, 0.15) is 30.9 Å². The summed E-state index contributed by atoms with van der Waals surface area (Å²) in [6.07, 6.45) is 2.25. The van der Waals surface area contributed by atoms with E-state index in [0.717, 1.165) is 24.0 Å². The average molecular weight is 282 g/mol. The van der Waals surface area contributed by atoms with Crippen molar-refractivity contribution in [3.05, 3.63) is 29.3 Å². The van der Waals surface area contributed by atoms with Gasteiger partial charge in [0.05, 0.1) is 4.90 Å². The Bertz CT molecular complexity index is 551. The highest BCUT2D eigenvalue weighted by Gasteiger charge is 2.31. The molecule has 1 atom stereocenters. The summed E-state index contributed by atoms with van der Waals surface area (Å²) >= 11 is 0. The highest BCUT2D eigenvalue weighted by molar-refractivity contribution is 7.89. The van der Waals surface area contributed by atoms with Crippen LogP contribution in [0.2, 0.25) is 0 Å². The van der Waals surface area contributed by atoms with Crippen molar-refractivity contribution >= 4 is 10.0 Å². The van der Waals surface area contributed by atoms with Crippen molar-refractivity contribution in [3.8, 4) is 0 Å². The first-order valence-electron chi connectivity index (χ1n) is 6.70. The summed E-state index contributed by atoms with van der Waals surface area (Å²) in [6.45, 7) is 4.45. The summed E-state index contributed by atoms with van der Waals surface area (Å²) in [5.41, 5.74) is 1.77. The first kappa shape index (κ1) is 14.5. The van der Waals surface area contributed by atoms with Crippen LogP contribution in [0.3, 0.4) is 0 Å². The Balaban J connectivity index is 2.25. The van der Waals surface area contributed by atoms with Gasteiger partial charge >= 0.3 is 0 Å². The molecule has 0 bridgehead atoms. The molecule has 0 aromatic heterocycles. The monoisotopic (exact) mass is 282 g/mol. The minimum absolute atomic E-state index is 0.0253. The Morgan fingerprint density at radius 1 is 1.37 bits per heavy atom. The fourth-order valence-electron chi connectivity index (χ4n) is 2.25. The van der Waals surface area contributed by atoms with Crippen molar-refractivity contribution in [1.82, 2.24) is 10.0 Å². The molecule has 5 heteroatoms. The molecule has 2 N–H and O–H groups in total. The number of benzene rings is 1. The van der Waals surface area contributed by atoms with Gasteiger partial charge in [0.25, 0.3) is 0 Å². The Morgan fingerprint density at radius 2 is 2.05 bits per heavy atom. The third kappa shape index (κ3) is 3.55. The highest BCUT2D eigenvalue weighted by atomic mass is 32.2. The van der Waals surface area contributed by atoms with Crippen LogP contribution in [0.4, 0.5) is 0 Å². The maximum absolute atomic E-state index is 12.4. The normalized spacial score (nSPS) is 17.4. The molecule has 0 aliphatic heterocycles. The SMILES string of the molecule is CNCc1ccc(C)c(S(=O)(=O)NC(C)C2CC2)c1. The summed E-state index contributed by atoms with van der Waals surface area (Å²) in [5, 5.41) is 3.04. The van der Waals surface area contributed by atoms with E-state index in [-0.39, 0.29) is 6.04 Å². The van der Waals surface area contributed by atoms with Gasteiger partial charge in [-0.15, -0.1) is 0 Å². The molecule has 1 fully saturated rings. The van der Waals surface area contributed by atoms with Crippen molar-refractivity contribution in [2.45, 2.75) is 44.2 Å². The van der Waals surface area contributed by atoms with E-state index in [0.29, 0.717) is 17.4 Å². The van der Waals surface area contributed by atoms with Crippen LogP contribution in [0, 0.1) is 12.8 Å². The molecule has 2 rings (SSSR count). The molecular weight excluding hydrogens is 260 g/mol. The molecule has 1 aromatic carbocycles. The highest BCUT2D eigenvalue weighted by Crippen LogP contribution is 2.33. The Labute approximate surface area is 115 Å². The maximum Gasteiger partial charge on any atom is 0.241 e. The molecule has 1 aliphatic rings. The standard InChI is InChI=1S/C14H22N2O2S/c1-10-4-5-12(9-15-3)8-14(10)19(17,18)16-11(2)13-6-7-13/h4-5,8,11,13,15-16H,6-7,9H2,1-3H3. The molecule has 1 aromatic rings. The van der Waals surface area contributed by atoms with E-state index in [4.69, 9.17) is 0 Å². The molecule has 0 spiro atoms. The Morgan fingerprint density at radius 3 is 2.63 bits per heavy atom. The number of nitrogens with one attached hydrogen (secondary N) is 2. The minimum atomic E-state index is -3.41. The van der Waals surface area contributed by atoms with Crippen LogP contribution in [-0.4, -0.2) is 21.5 Å². The van der Waals surface area contributed by atoms with E-state index in [1.54, 1.807) is 6.07 Å². The quantitative estimate of drug-likeness (QED) is 0.836. The molecule has 0 saturated heterocycles. The van der Waals surface area contributed by atoms with Gasteiger partial charge in [0.15, 0.2) is 0 Å². The van der Waals surface area contributed by atoms with E-state index in [9.17, 15) is 8.42 Å². The molecule has 1 aliphatic carbocycles. The molecular formula is C14H22N2O2S. The van der Waals surface area contributed by atoms with Gasteiger partial charge in [0.2, 0.25) is 10.0 Å². The summed E-state index contributed by atoms with van der Waals surface area (Å²) in [7, 11) is -1.57. The molecule has 4 nitrogen and oxygen atoms in total. The maximum atomic E-state index is 12.4. The van der Waals surface area contributed by atoms with Gasteiger partial charge in [-0.3, -0.25) is 0 Å².